The van der Waals surface area contributed by atoms with Crippen molar-refractivity contribution in [3.8, 4) is 0 Å². The van der Waals surface area contributed by atoms with Crippen LogP contribution in [0.25, 0.3) is 0 Å². The van der Waals surface area contributed by atoms with Crippen LogP contribution in [0.5, 0.6) is 0 Å². The molecule has 4 heteroatoms. The summed E-state index contributed by atoms with van der Waals surface area (Å²) in [6, 6.07) is 12.3. The van der Waals surface area contributed by atoms with Gasteiger partial charge in [0.15, 0.2) is 0 Å². The van der Waals surface area contributed by atoms with Gasteiger partial charge >= 0.3 is 0 Å². The third kappa shape index (κ3) is 4.03. The van der Waals surface area contributed by atoms with Crippen molar-refractivity contribution in [3.63, 3.8) is 0 Å². The van der Waals surface area contributed by atoms with Crippen molar-refractivity contribution in [3.05, 3.63) is 59.4 Å². The highest BCUT2D eigenvalue weighted by atomic mass is 32.1. The number of anilines is 1. The van der Waals surface area contributed by atoms with Gasteiger partial charge in [-0.2, -0.15) is 0 Å². The van der Waals surface area contributed by atoms with Crippen LogP contribution in [0.15, 0.2) is 42.6 Å². The Morgan fingerprint density at radius 2 is 2.16 bits per heavy atom. The Balaban J connectivity index is 1.92. The predicted octanol–water partition coefficient (Wildman–Crippen LogP) is 2.68. The van der Waals surface area contributed by atoms with E-state index < -0.39 is 0 Å². The van der Waals surface area contributed by atoms with E-state index in [2.05, 4.69) is 41.5 Å². The molecule has 1 aromatic heterocycles. The first-order valence-electron chi connectivity index (χ1n) is 6.20. The van der Waals surface area contributed by atoms with Gasteiger partial charge in [0.1, 0.15) is 4.99 Å². The lowest BCUT2D eigenvalue weighted by Crippen LogP contribution is -2.12. The van der Waals surface area contributed by atoms with Crippen molar-refractivity contribution in [2.45, 2.75) is 13.3 Å². The minimum atomic E-state index is 0.322. The number of nitrogens with one attached hydrogen (secondary N) is 1. The lowest BCUT2D eigenvalue weighted by atomic mass is 10.1. The molecule has 0 aliphatic rings. The number of nitrogens with two attached hydrogens (primary N) is 1. The maximum atomic E-state index is 5.56. The third-order valence-electron chi connectivity index (χ3n) is 2.84. The molecule has 0 fully saturated rings. The van der Waals surface area contributed by atoms with Crippen LogP contribution in [0.1, 0.15) is 16.8 Å². The predicted molar refractivity (Wildman–Crippen MR) is 83.5 cm³/mol. The molecule has 0 saturated heterocycles. The van der Waals surface area contributed by atoms with Crippen molar-refractivity contribution in [2.75, 3.05) is 11.9 Å². The number of hydrogen-bond donors (Lipinski definition) is 2. The third-order valence-corrected chi connectivity index (χ3v) is 3.05. The zero-order chi connectivity index (χ0) is 13.7. The molecule has 0 saturated carbocycles. The quantitative estimate of drug-likeness (QED) is 0.821. The molecule has 1 aromatic carbocycles. The molecular formula is C15H17N3S. The Labute approximate surface area is 118 Å². The fourth-order valence-corrected chi connectivity index (χ4v) is 2.01. The summed E-state index contributed by atoms with van der Waals surface area (Å²) in [5, 5.41) is 3.35. The number of aryl methyl sites for hydroxylation is 1. The Morgan fingerprint density at radius 3 is 2.89 bits per heavy atom. The molecule has 0 radical (unpaired) electrons. The number of rotatable bonds is 5. The largest absolute Gasteiger partial charge is 0.388 e. The molecule has 0 atom stereocenters. The van der Waals surface area contributed by atoms with Gasteiger partial charge in [0.05, 0.1) is 5.69 Å². The van der Waals surface area contributed by atoms with Crippen molar-refractivity contribution >= 4 is 22.9 Å². The van der Waals surface area contributed by atoms with E-state index in [9.17, 15) is 0 Å². The highest BCUT2D eigenvalue weighted by Gasteiger charge is 2.00. The second-order valence-electron chi connectivity index (χ2n) is 4.46. The van der Waals surface area contributed by atoms with E-state index in [0.29, 0.717) is 10.7 Å². The van der Waals surface area contributed by atoms with Gasteiger partial charge in [-0.05, 0) is 31.0 Å². The molecule has 98 valence electrons. The van der Waals surface area contributed by atoms with E-state index >= 15 is 0 Å². The van der Waals surface area contributed by atoms with E-state index in [0.717, 1.165) is 18.7 Å². The Hall–Kier alpha value is -1.94. The van der Waals surface area contributed by atoms with Crippen molar-refractivity contribution < 1.29 is 0 Å². The fourth-order valence-electron chi connectivity index (χ4n) is 1.89. The highest BCUT2D eigenvalue weighted by molar-refractivity contribution is 7.80. The lowest BCUT2D eigenvalue weighted by Gasteiger charge is -2.08. The van der Waals surface area contributed by atoms with E-state index in [-0.39, 0.29) is 0 Å². The van der Waals surface area contributed by atoms with Crippen molar-refractivity contribution in [2.24, 2.45) is 5.73 Å². The number of nitrogens with zero attached hydrogens (tertiary/aromatic N) is 1. The summed E-state index contributed by atoms with van der Waals surface area (Å²) in [5.74, 6) is 0. The van der Waals surface area contributed by atoms with Crippen LogP contribution in [0, 0.1) is 6.92 Å². The normalized spacial score (nSPS) is 10.2. The van der Waals surface area contributed by atoms with Gasteiger partial charge in [0.25, 0.3) is 0 Å². The average molecular weight is 271 g/mol. The Kier molecular flexibility index (Phi) is 4.47. The zero-order valence-corrected chi connectivity index (χ0v) is 11.7. The van der Waals surface area contributed by atoms with Crippen LogP contribution in [-0.2, 0) is 6.42 Å². The van der Waals surface area contributed by atoms with Gasteiger partial charge in [-0.25, -0.2) is 0 Å². The van der Waals surface area contributed by atoms with Gasteiger partial charge in [0, 0.05) is 18.4 Å². The van der Waals surface area contributed by atoms with Gasteiger partial charge in [0.2, 0.25) is 0 Å². The molecule has 3 nitrogen and oxygen atoms in total. The standard InChI is InChI=1S/C15H17N3S/c1-11-3-2-4-12(9-11)5-7-17-13-6-8-18-14(10-13)15(16)19/h2-4,6,8-10H,5,7H2,1H3,(H2,16,19)(H,17,18). The summed E-state index contributed by atoms with van der Waals surface area (Å²) in [4.78, 5) is 4.43. The minimum absolute atomic E-state index is 0.322. The van der Waals surface area contributed by atoms with E-state index in [1.807, 2.05) is 12.1 Å². The Morgan fingerprint density at radius 1 is 1.32 bits per heavy atom. The molecule has 2 rings (SSSR count). The number of hydrogen-bond acceptors (Lipinski definition) is 3. The first kappa shape index (κ1) is 13.5. The molecular weight excluding hydrogens is 254 g/mol. The minimum Gasteiger partial charge on any atom is -0.388 e. The molecule has 1 heterocycles. The van der Waals surface area contributed by atoms with Crippen molar-refractivity contribution in [1.82, 2.24) is 4.98 Å². The SMILES string of the molecule is Cc1cccc(CCNc2ccnc(C(N)=S)c2)c1. The van der Waals surface area contributed by atoms with Crippen LogP contribution in [0.2, 0.25) is 0 Å². The summed E-state index contributed by atoms with van der Waals surface area (Å²) >= 11 is 4.91. The van der Waals surface area contributed by atoms with Gasteiger partial charge in [-0.3, -0.25) is 4.98 Å². The maximum Gasteiger partial charge on any atom is 0.122 e. The first-order valence-corrected chi connectivity index (χ1v) is 6.61. The van der Waals surface area contributed by atoms with Crippen LogP contribution in [0.4, 0.5) is 5.69 Å². The lowest BCUT2D eigenvalue weighted by molar-refractivity contribution is 1.01. The smallest absolute Gasteiger partial charge is 0.122 e. The van der Waals surface area contributed by atoms with Gasteiger partial charge < -0.3 is 11.1 Å². The number of aromatic nitrogens is 1. The molecule has 0 spiro atoms. The van der Waals surface area contributed by atoms with Crippen LogP contribution in [0.3, 0.4) is 0 Å². The molecule has 0 aliphatic heterocycles. The van der Waals surface area contributed by atoms with Gasteiger partial charge in [-0.15, -0.1) is 0 Å². The number of thiocarbonyl (C=S) groups is 1. The Bertz CT molecular complexity index is 581. The monoisotopic (exact) mass is 271 g/mol. The average Bonchev–Trinajstić information content (AvgIpc) is 2.39. The van der Waals surface area contributed by atoms with E-state index in [4.69, 9.17) is 18.0 Å². The highest BCUT2D eigenvalue weighted by Crippen LogP contribution is 2.09. The summed E-state index contributed by atoms with van der Waals surface area (Å²) in [6.45, 7) is 2.97. The molecule has 2 aromatic rings. The summed E-state index contributed by atoms with van der Waals surface area (Å²) in [6.07, 6.45) is 2.69. The van der Waals surface area contributed by atoms with E-state index in [1.165, 1.54) is 11.1 Å². The summed E-state index contributed by atoms with van der Waals surface area (Å²) < 4.78 is 0. The topological polar surface area (TPSA) is 50.9 Å². The fraction of sp³-hybridized carbons (Fsp3) is 0.200. The van der Waals surface area contributed by atoms with Crippen LogP contribution < -0.4 is 11.1 Å². The molecule has 0 aliphatic carbocycles. The molecule has 0 amide bonds. The second kappa shape index (κ2) is 6.29. The van der Waals surface area contributed by atoms with Crippen LogP contribution in [-0.4, -0.2) is 16.5 Å². The maximum absolute atomic E-state index is 5.56. The second-order valence-corrected chi connectivity index (χ2v) is 4.90. The molecule has 19 heavy (non-hydrogen) atoms. The van der Waals surface area contributed by atoms with Gasteiger partial charge in [-0.1, -0.05) is 42.0 Å². The molecule has 0 unspecified atom stereocenters. The zero-order valence-electron chi connectivity index (χ0n) is 10.9. The number of benzene rings is 1. The van der Waals surface area contributed by atoms with Crippen molar-refractivity contribution in [1.29, 1.82) is 0 Å². The summed E-state index contributed by atoms with van der Waals surface area (Å²) in [5.41, 5.74) is 9.82. The summed E-state index contributed by atoms with van der Waals surface area (Å²) in [7, 11) is 0. The molecule has 0 bridgehead atoms. The number of pyridine rings is 1. The molecule has 3 N–H and O–H groups in total. The van der Waals surface area contributed by atoms with Crippen LogP contribution >= 0.6 is 12.2 Å². The first-order chi connectivity index (χ1) is 9.15. The van der Waals surface area contributed by atoms with E-state index in [1.54, 1.807) is 6.20 Å².